The van der Waals surface area contributed by atoms with E-state index in [9.17, 15) is 33.1 Å². The van der Waals surface area contributed by atoms with Gasteiger partial charge in [-0.15, -0.1) is 0 Å². The predicted octanol–water partition coefficient (Wildman–Crippen LogP) is 10.8. The van der Waals surface area contributed by atoms with Crippen LogP contribution in [0.4, 0.5) is 18.4 Å². The maximum Gasteiger partial charge on any atom is 0.412 e. The molecule has 2 aliphatic rings. The summed E-state index contributed by atoms with van der Waals surface area (Å²) in [5.74, 6) is -0.893. The highest BCUT2D eigenvalue weighted by atomic mass is 19.1. The fraction of sp³-hybridized carbons (Fsp3) is 0.179. The van der Waals surface area contributed by atoms with Crippen molar-refractivity contribution in [3.8, 4) is 23.0 Å². The van der Waals surface area contributed by atoms with Gasteiger partial charge in [0.2, 0.25) is 0 Å². The smallest absolute Gasteiger partial charge is 0.412 e. The summed E-state index contributed by atoms with van der Waals surface area (Å²) >= 11 is 0. The van der Waals surface area contributed by atoms with Crippen molar-refractivity contribution < 1.29 is 47.3 Å². The molecular weight excluding hydrogens is 923 g/mol. The van der Waals surface area contributed by atoms with Crippen molar-refractivity contribution >= 4 is 45.8 Å². The van der Waals surface area contributed by atoms with Gasteiger partial charge in [-0.05, 0) is 84.6 Å². The Hall–Kier alpha value is -8.92. The number of halogens is 2. The molecule has 2 aromatic heterocycles. The molecule has 0 spiro atoms. The number of aromatic hydroxyl groups is 1. The number of aromatic nitrogens is 2. The standard InChI is InChI=1S/C34H28FN3O4.C21H18FN3O4.CH4/c1-2-36-34(40)42-31-26-14-9-19-37-29(26)32(41-30(23-10-5-3-6-11-23)24-12-7-4-8-13-24)28-27(31)21-38(33(28)39)20-22-15-17-25(35)18-16-22;1-2-23-21(28)29-19-14-4-3-9-24-17(14)18(26)16-15(19)11-25(20(16)27)10-12-5-7-13(22)8-6-12;/h3-19,30H,2,20-21H2,1H3,(H,36,40);3-9,26H,2,10-11H2,1H3,(H,23,28);1H4. The number of hydrogen-bond acceptors (Lipinski definition) is 10. The van der Waals surface area contributed by atoms with E-state index in [0.29, 0.717) is 51.8 Å². The summed E-state index contributed by atoms with van der Waals surface area (Å²) in [4.78, 5) is 63.8. The fourth-order valence-corrected chi connectivity index (χ4v) is 8.69. The van der Waals surface area contributed by atoms with Gasteiger partial charge in [-0.3, -0.25) is 19.6 Å². The normalized spacial score (nSPS) is 12.5. The number of amides is 4. The highest BCUT2D eigenvalue weighted by Gasteiger charge is 2.39. The molecule has 0 saturated carbocycles. The number of ether oxygens (including phenoxy) is 3. The van der Waals surface area contributed by atoms with Crippen molar-refractivity contribution in [2.24, 2.45) is 0 Å². The zero-order chi connectivity index (χ0) is 49.6. The number of hydrogen-bond donors (Lipinski definition) is 3. The Kier molecular flexibility index (Phi) is 15.0. The second kappa shape index (κ2) is 21.8. The molecule has 8 aromatic rings. The number of phenolic OH excluding ortho intramolecular Hbond substituents is 1. The number of benzene rings is 6. The fourth-order valence-electron chi connectivity index (χ4n) is 8.69. The van der Waals surface area contributed by atoms with E-state index in [1.54, 1.807) is 73.5 Å². The minimum Gasteiger partial charge on any atom is -0.505 e. The lowest BCUT2D eigenvalue weighted by atomic mass is 9.99. The molecule has 10 rings (SSSR count). The molecule has 0 bridgehead atoms. The lowest BCUT2D eigenvalue weighted by Gasteiger charge is -2.23. The summed E-state index contributed by atoms with van der Waals surface area (Å²) in [6.45, 7) is 5.08. The van der Waals surface area contributed by atoms with E-state index >= 15 is 0 Å². The summed E-state index contributed by atoms with van der Waals surface area (Å²) < 4.78 is 44.9. The molecule has 16 heteroatoms. The van der Waals surface area contributed by atoms with Gasteiger partial charge in [0, 0.05) is 60.5 Å². The van der Waals surface area contributed by atoms with Crippen LogP contribution >= 0.6 is 0 Å². The molecule has 14 nitrogen and oxygen atoms in total. The third-order valence-corrected chi connectivity index (χ3v) is 11.9. The highest BCUT2D eigenvalue weighted by molar-refractivity contribution is 6.10. The number of nitrogens with zero attached hydrogens (tertiary/aromatic N) is 4. The molecule has 366 valence electrons. The Labute approximate surface area is 413 Å². The van der Waals surface area contributed by atoms with Gasteiger partial charge in [0.1, 0.15) is 40.3 Å². The molecule has 0 radical (unpaired) electrons. The van der Waals surface area contributed by atoms with Gasteiger partial charge in [-0.2, -0.15) is 0 Å². The first-order valence-corrected chi connectivity index (χ1v) is 22.8. The molecule has 2 aliphatic heterocycles. The SMILES string of the molecule is C.CCNC(=O)Oc1c2c(c(O)c3ncccc13)C(=O)N(Cc1ccc(F)cc1)C2.CCNC(=O)Oc1c2c(c(OC(c3ccccc3)c3ccccc3)c3ncccc13)C(=O)N(Cc1ccc(F)cc1)C2. The Balaban J connectivity index is 0.000000203. The van der Waals surface area contributed by atoms with Gasteiger partial charge in [-0.1, -0.05) is 92.4 Å². The lowest BCUT2D eigenvalue weighted by Crippen LogP contribution is -2.27. The second-order valence-electron chi connectivity index (χ2n) is 16.6. The maximum atomic E-state index is 14.1. The van der Waals surface area contributed by atoms with Gasteiger partial charge in [0.05, 0.1) is 24.2 Å². The van der Waals surface area contributed by atoms with Crippen molar-refractivity contribution in [3.63, 3.8) is 0 Å². The molecule has 0 unspecified atom stereocenters. The van der Waals surface area contributed by atoms with Crippen LogP contribution in [0.1, 0.15) is 81.5 Å². The summed E-state index contributed by atoms with van der Waals surface area (Å²) in [7, 11) is 0. The van der Waals surface area contributed by atoms with Crippen molar-refractivity contribution in [1.82, 2.24) is 30.4 Å². The summed E-state index contributed by atoms with van der Waals surface area (Å²) in [5, 5.41) is 16.9. The molecule has 72 heavy (non-hydrogen) atoms. The average molecular weight is 973 g/mol. The van der Waals surface area contributed by atoms with Crippen molar-refractivity contribution in [3.05, 3.63) is 202 Å². The zero-order valence-corrected chi connectivity index (χ0v) is 38.5. The van der Waals surface area contributed by atoms with Crippen LogP contribution in [0.5, 0.6) is 23.0 Å². The number of phenols is 1. The second-order valence-corrected chi connectivity index (χ2v) is 16.6. The number of fused-ring (bicyclic) bond motifs is 4. The Morgan fingerprint density at radius 3 is 1.50 bits per heavy atom. The van der Waals surface area contributed by atoms with Gasteiger partial charge in [0.25, 0.3) is 11.8 Å². The van der Waals surface area contributed by atoms with Crippen molar-refractivity contribution in [2.75, 3.05) is 13.1 Å². The Morgan fingerprint density at radius 1 is 0.597 bits per heavy atom. The summed E-state index contributed by atoms with van der Waals surface area (Å²) in [6, 6.07) is 38.3. The predicted molar refractivity (Wildman–Crippen MR) is 267 cm³/mol. The van der Waals surface area contributed by atoms with Crippen LogP contribution in [0, 0.1) is 11.6 Å². The first-order valence-electron chi connectivity index (χ1n) is 22.8. The molecule has 4 heterocycles. The van der Waals surface area contributed by atoms with E-state index in [4.69, 9.17) is 14.2 Å². The van der Waals surface area contributed by atoms with Crippen LogP contribution in [-0.2, 0) is 26.2 Å². The van der Waals surface area contributed by atoms with Crippen LogP contribution < -0.4 is 24.8 Å². The minimum absolute atomic E-state index is 0. The molecule has 0 saturated heterocycles. The first-order chi connectivity index (χ1) is 34.5. The van der Waals surface area contributed by atoms with Gasteiger partial charge >= 0.3 is 12.2 Å². The number of nitrogens with one attached hydrogen (secondary N) is 2. The monoisotopic (exact) mass is 972 g/mol. The van der Waals surface area contributed by atoms with E-state index in [-0.39, 0.29) is 79.5 Å². The van der Waals surface area contributed by atoms with E-state index in [1.807, 2.05) is 60.7 Å². The van der Waals surface area contributed by atoms with E-state index < -0.39 is 24.2 Å². The molecule has 3 N–H and O–H groups in total. The van der Waals surface area contributed by atoms with Gasteiger partial charge in [0.15, 0.2) is 11.5 Å². The minimum atomic E-state index is -0.657. The Morgan fingerprint density at radius 2 is 1.03 bits per heavy atom. The van der Waals surface area contributed by atoms with E-state index in [2.05, 4.69) is 20.6 Å². The average Bonchev–Trinajstić information content (AvgIpc) is 3.89. The topological polar surface area (TPSA) is 173 Å². The molecule has 0 atom stereocenters. The number of carbonyl (C=O) groups is 4. The van der Waals surface area contributed by atoms with Crippen LogP contribution in [0.2, 0.25) is 0 Å². The molecule has 6 aromatic carbocycles. The third kappa shape index (κ3) is 10.2. The number of pyridine rings is 2. The number of rotatable bonds is 12. The lowest BCUT2D eigenvalue weighted by molar-refractivity contribution is 0.0756. The first kappa shape index (κ1) is 49.5. The van der Waals surface area contributed by atoms with Crippen LogP contribution in [0.15, 0.2) is 146 Å². The molecular formula is C56H50F2N6O8. The van der Waals surface area contributed by atoms with Crippen LogP contribution in [-0.4, -0.2) is 62.0 Å². The van der Waals surface area contributed by atoms with Gasteiger partial charge in [-0.25, -0.2) is 18.4 Å². The van der Waals surface area contributed by atoms with Crippen molar-refractivity contribution in [2.45, 2.75) is 53.6 Å². The largest absolute Gasteiger partial charge is 0.505 e. The highest BCUT2D eigenvalue weighted by Crippen LogP contribution is 2.47. The maximum absolute atomic E-state index is 14.1. The molecule has 0 aliphatic carbocycles. The quantitative estimate of drug-likeness (QED) is 0.107. The molecule has 4 amide bonds. The van der Waals surface area contributed by atoms with Gasteiger partial charge < -0.3 is 39.8 Å². The van der Waals surface area contributed by atoms with Crippen LogP contribution in [0.3, 0.4) is 0 Å². The summed E-state index contributed by atoms with van der Waals surface area (Å²) in [6.07, 6.45) is 1.27. The Bertz CT molecular complexity index is 3250. The van der Waals surface area contributed by atoms with E-state index in [0.717, 1.165) is 22.3 Å². The van der Waals surface area contributed by atoms with E-state index in [1.165, 1.54) is 35.4 Å². The summed E-state index contributed by atoms with van der Waals surface area (Å²) in [5.41, 5.74) is 5.20. The molecule has 0 fully saturated rings. The van der Waals surface area contributed by atoms with Crippen molar-refractivity contribution in [1.29, 1.82) is 0 Å². The van der Waals surface area contributed by atoms with Crippen LogP contribution in [0.25, 0.3) is 21.8 Å². The number of carbonyl (C=O) groups excluding carboxylic acids is 4. The third-order valence-electron chi connectivity index (χ3n) is 11.9. The zero-order valence-electron chi connectivity index (χ0n) is 38.5.